The Bertz CT molecular complexity index is 1490. The lowest BCUT2D eigenvalue weighted by atomic mass is 10.1. The van der Waals surface area contributed by atoms with E-state index in [0.29, 0.717) is 23.7 Å². The van der Waals surface area contributed by atoms with Crippen molar-refractivity contribution >= 4 is 40.2 Å². The maximum atomic E-state index is 13.5. The van der Waals surface area contributed by atoms with Crippen molar-refractivity contribution in [2.75, 3.05) is 5.32 Å². The number of hydrogen-bond donors (Lipinski definition) is 3. The van der Waals surface area contributed by atoms with E-state index >= 15 is 0 Å². The Labute approximate surface area is 204 Å². The van der Waals surface area contributed by atoms with Gasteiger partial charge in [0.2, 0.25) is 5.88 Å². The Kier molecular flexibility index (Phi) is 6.23. The van der Waals surface area contributed by atoms with Crippen LogP contribution in [0.1, 0.15) is 5.56 Å². The van der Waals surface area contributed by atoms with Gasteiger partial charge in [0.05, 0.1) is 10.4 Å². The van der Waals surface area contributed by atoms with Gasteiger partial charge in [-0.2, -0.15) is 0 Å². The fourth-order valence-electron chi connectivity index (χ4n) is 3.42. The van der Waals surface area contributed by atoms with Crippen LogP contribution in [0.15, 0.2) is 79.3 Å². The molecule has 0 saturated heterocycles. The lowest BCUT2D eigenvalue weighted by Crippen LogP contribution is -2.26. The fraction of sp³-hybridized carbons (Fsp3) is 0.0400. The van der Waals surface area contributed by atoms with E-state index in [2.05, 4.69) is 30.6 Å². The van der Waals surface area contributed by atoms with Crippen molar-refractivity contribution in [3.8, 4) is 17.1 Å². The van der Waals surface area contributed by atoms with Crippen LogP contribution in [0, 0.1) is 5.82 Å². The Morgan fingerprint density at radius 2 is 1.89 bits per heavy atom. The van der Waals surface area contributed by atoms with Crippen molar-refractivity contribution in [2.24, 2.45) is 0 Å². The second kappa shape index (κ2) is 9.78. The molecule has 35 heavy (non-hydrogen) atoms. The van der Waals surface area contributed by atoms with E-state index in [1.165, 1.54) is 18.5 Å². The van der Waals surface area contributed by atoms with E-state index < -0.39 is 11.9 Å². The van der Waals surface area contributed by atoms with Crippen LogP contribution in [0.3, 0.4) is 0 Å². The molecule has 0 atom stereocenters. The molecule has 10 heteroatoms. The summed E-state index contributed by atoms with van der Waals surface area (Å²) in [4.78, 5) is 27.8. The standard InChI is InChI=1S/C25H18ClFN6O2/c26-19-11-17(8-9-20(19)27)32-23-18-12-21(33-24(18)31-14-30-23)16-6-4-15(5-7-16)13-29-25(34)35-22-3-1-2-10-28-22/h1-12,14H,13H2,(H,29,34)(H2,30,31,32,33). The molecular weight excluding hydrogens is 471 g/mol. The molecule has 174 valence electrons. The Balaban J connectivity index is 1.28. The topological polar surface area (TPSA) is 105 Å². The predicted octanol–water partition coefficient (Wildman–Crippen LogP) is 5.84. The first kappa shape index (κ1) is 22.3. The molecular formula is C25H18ClFN6O2. The predicted molar refractivity (Wildman–Crippen MR) is 131 cm³/mol. The summed E-state index contributed by atoms with van der Waals surface area (Å²) in [6.45, 7) is 0.304. The number of carbonyl (C=O) groups excluding carboxylic acids is 1. The molecule has 8 nitrogen and oxygen atoms in total. The maximum absolute atomic E-state index is 13.5. The van der Waals surface area contributed by atoms with Crippen molar-refractivity contribution in [1.82, 2.24) is 25.3 Å². The molecule has 1 amide bonds. The number of nitrogens with zero attached hydrogens (tertiary/aromatic N) is 3. The van der Waals surface area contributed by atoms with E-state index in [1.807, 2.05) is 30.3 Å². The number of carbonyl (C=O) groups is 1. The van der Waals surface area contributed by atoms with Crippen LogP contribution in [0.2, 0.25) is 5.02 Å². The zero-order valence-electron chi connectivity index (χ0n) is 18.1. The summed E-state index contributed by atoms with van der Waals surface area (Å²) in [6, 6.07) is 19.1. The van der Waals surface area contributed by atoms with Gasteiger partial charge in [0, 0.05) is 30.2 Å². The second-order valence-electron chi connectivity index (χ2n) is 7.53. The van der Waals surface area contributed by atoms with E-state index in [9.17, 15) is 9.18 Å². The molecule has 3 heterocycles. The monoisotopic (exact) mass is 488 g/mol. The number of halogens is 2. The molecule has 0 aliphatic rings. The van der Waals surface area contributed by atoms with Crippen LogP contribution in [0.4, 0.5) is 20.7 Å². The van der Waals surface area contributed by atoms with Crippen molar-refractivity contribution in [3.05, 3.63) is 95.7 Å². The van der Waals surface area contributed by atoms with Crippen molar-refractivity contribution in [2.45, 2.75) is 6.54 Å². The number of benzene rings is 2. The van der Waals surface area contributed by atoms with Gasteiger partial charge < -0.3 is 20.4 Å². The van der Waals surface area contributed by atoms with Gasteiger partial charge >= 0.3 is 6.09 Å². The molecule has 0 aliphatic carbocycles. The van der Waals surface area contributed by atoms with Crippen molar-refractivity contribution in [1.29, 1.82) is 0 Å². The highest BCUT2D eigenvalue weighted by Crippen LogP contribution is 2.29. The van der Waals surface area contributed by atoms with Crippen LogP contribution < -0.4 is 15.4 Å². The third kappa shape index (κ3) is 5.20. The molecule has 0 radical (unpaired) electrons. The summed E-state index contributed by atoms with van der Waals surface area (Å²) in [7, 11) is 0. The summed E-state index contributed by atoms with van der Waals surface area (Å²) >= 11 is 5.88. The van der Waals surface area contributed by atoms with Crippen molar-refractivity contribution in [3.63, 3.8) is 0 Å². The number of nitrogens with one attached hydrogen (secondary N) is 3. The molecule has 0 fully saturated rings. The molecule has 5 aromatic rings. The second-order valence-corrected chi connectivity index (χ2v) is 7.94. The normalized spacial score (nSPS) is 10.8. The van der Waals surface area contributed by atoms with E-state index in [1.54, 1.807) is 30.5 Å². The first-order valence-electron chi connectivity index (χ1n) is 10.6. The largest absolute Gasteiger partial charge is 0.414 e. The van der Waals surface area contributed by atoms with E-state index in [4.69, 9.17) is 16.3 Å². The van der Waals surface area contributed by atoms with Crippen LogP contribution in [-0.2, 0) is 6.54 Å². The SMILES string of the molecule is O=C(NCc1ccc(-c2cc3c(Nc4ccc(F)c(Cl)c4)ncnc3[nH]2)cc1)Oc1ccccn1. The first-order valence-corrected chi connectivity index (χ1v) is 10.9. The maximum Gasteiger partial charge on any atom is 0.414 e. The Morgan fingerprint density at radius 3 is 2.66 bits per heavy atom. The summed E-state index contributed by atoms with van der Waals surface area (Å²) in [5.41, 5.74) is 3.93. The van der Waals surface area contributed by atoms with Gasteiger partial charge in [0.15, 0.2) is 0 Å². The minimum absolute atomic E-state index is 0.0228. The summed E-state index contributed by atoms with van der Waals surface area (Å²) < 4.78 is 18.6. The highest BCUT2D eigenvalue weighted by atomic mass is 35.5. The van der Waals surface area contributed by atoms with Gasteiger partial charge in [-0.15, -0.1) is 0 Å². The van der Waals surface area contributed by atoms with Gasteiger partial charge in [-0.05, 0) is 41.5 Å². The fourth-order valence-corrected chi connectivity index (χ4v) is 3.60. The van der Waals surface area contributed by atoms with Crippen LogP contribution in [0.5, 0.6) is 5.88 Å². The lowest BCUT2D eigenvalue weighted by molar-refractivity contribution is 0.198. The van der Waals surface area contributed by atoms with Crippen LogP contribution in [0.25, 0.3) is 22.3 Å². The number of amides is 1. The van der Waals surface area contributed by atoms with Gasteiger partial charge in [0.25, 0.3) is 0 Å². The smallest absolute Gasteiger partial charge is 0.391 e. The van der Waals surface area contributed by atoms with Gasteiger partial charge in [-0.25, -0.2) is 24.1 Å². The highest BCUT2D eigenvalue weighted by molar-refractivity contribution is 6.31. The number of hydrogen-bond acceptors (Lipinski definition) is 6. The Morgan fingerprint density at radius 1 is 1.03 bits per heavy atom. The summed E-state index contributed by atoms with van der Waals surface area (Å²) in [6.07, 6.45) is 2.41. The number of anilines is 2. The average molecular weight is 489 g/mol. The molecule has 2 aromatic carbocycles. The molecule has 0 spiro atoms. The molecule has 0 unspecified atom stereocenters. The number of aromatic amines is 1. The van der Waals surface area contributed by atoms with Gasteiger partial charge in [-0.3, -0.25) is 0 Å². The van der Waals surface area contributed by atoms with Crippen LogP contribution >= 0.6 is 11.6 Å². The third-order valence-electron chi connectivity index (χ3n) is 5.14. The highest BCUT2D eigenvalue weighted by Gasteiger charge is 2.11. The molecule has 0 saturated carbocycles. The van der Waals surface area contributed by atoms with E-state index in [0.717, 1.165) is 22.2 Å². The summed E-state index contributed by atoms with van der Waals surface area (Å²) in [5.74, 6) is 0.309. The number of ether oxygens (including phenoxy) is 1. The molecule has 3 N–H and O–H groups in total. The number of aromatic nitrogens is 4. The minimum Gasteiger partial charge on any atom is -0.391 e. The molecule has 0 bridgehead atoms. The zero-order valence-corrected chi connectivity index (χ0v) is 18.9. The first-order chi connectivity index (χ1) is 17.0. The number of H-pyrrole nitrogens is 1. The van der Waals surface area contributed by atoms with Crippen molar-refractivity contribution < 1.29 is 13.9 Å². The minimum atomic E-state index is -0.579. The molecule has 3 aromatic heterocycles. The lowest BCUT2D eigenvalue weighted by Gasteiger charge is -2.07. The Hall–Kier alpha value is -4.50. The van der Waals surface area contributed by atoms with Gasteiger partial charge in [-0.1, -0.05) is 41.9 Å². The quantitative estimate of drug-likeness (QED) is 0.277. The molecule has 0 aliphatic heterocycles. The molecule has 5 rings (SSSR count). The zero-order chi connectivity index (χ0) is 24.2. The average Bonchev–Trinajstić information content (AvgIpc) is 3.31. The summed E-state index contributed by atoms with van der Waals surface area (Å²) in [5, 5.41) is 6.64. The number of rotatable bonds is 6. The van der Waals surface area contributed by atoms with E-state index in [-0.39, 0.29) is 10.9 Å². The van der Waals surface area contributed by atoms with Gasteiger partial charge in [0.1, 0.15) is 23.6 Å². The number of fused-ring (bicyclic) bond motifs is 1. The van der Waals surface area contributed by atoms with Crippen LogP contribution in [-0.4, -0.2) is 26.0 Å². The number of pyridine rings is 1. The third-order valence-corrected chi connectivity index (χ3v) is 5.43.